The van der Waals surface area contributed by atoms with Crippen molar-refractivity contribution in [1.82, 2.24) is 10.2 Å². The monoisotopic (exact) mass is 343 g/mol. The lowest BCUT2D eigenvalue weighted by Crippen LogP contribution is -2.38. The number of carbonyl (C=O) groups is 1. The molecule has 1 atom stereocenters. The van der Waals surface area contributed by atoms with Crippen LogP contribution in [0.5, 0.6) is 0 Å². The lowest BCUT2D eigenvalue weighted by molar-refractivity contribution is 0.249. The van der Waals surface area contributed by atoms with Crippen LogP contribution in [-0.4, -0.2) is 31.6 Å². The van der Waals surface area contributed by atoms with Crippen LogP contribution in [0.4, 0.5) is 10.5 Å². The van der Waals surface area contributed by atoms with Crippen molar-refractivity contribution in [3.63, 3.8) is 0 Å². The third kappa shape index (κ3) is 3.71. The highest BCUT2D eigenvalue weighted by Gasteiger charge is 2.27. The Bertz CT molecular complexity index is 745. The van der Waals surface area contributed by atoms with Crippen molar-refractivity contribution in [2.75, 3.05) is 26.0 Å². The van der Waals surface area contributed by atoms with E-state index in [0.29, 0.717) is 5.02 Å². The van der Waals surface area contributed by atoms with Gasteiger partial charge in [-0.1, -0.05) is 35.9 Å². The smallest absolute Gasteiger partial charge is 0.320 e. The highest BCUT2D eigenvalue weighted by Crippen LogP contribution is 2.35. The van der Waals surface area contributed by atoms with Gasteiger partial charge in [-0.2, -0.15) is 0 Å². The molecule has 24 heavy (non-hydrogen) atoms. The van der Waals surface area contributed by atoms with Gasteiger partial charge in [-0.3, -0.25) is 0 Å². The fourth-order valence-electron chi connectivity index (χ4n) is 3.13. The summed E-state index contributed by atoms with van der Waals surface area (Å²) >= 11 is 6.18. The van der Waals surface area contributed by atoms with Crippen LogP contribution in [0.3, 0.4) is 0 Å². The van der Waals surface area contributed by atoms with E-state index in [0.717, 1.165) is 36.2 Å². The van der Waals surface area contributed by atoms with Crippen LogP contribution < -0.4 is 10.6 Å². The molecule has 0 saturated carbocycles. The van der Waals surface area contributed by atoms with Gasteiger partial charge in [-0.25, -0.2) is 4.79 Å². The largest absolute Gasteiger partial charge is 0.327 e. The molecular weight excluding hydrogens is 322 g/mol. The average Bonchev–Trinajstić information content (AvgIpc) is 2.55. The van der Waals surface area contributed by atoms with E-state index in [9.17, 15) is 4.79 Å². The number of anilines is 1. The van der Waals surface area contributed by atoms with E-state index >= 15 is 0 Å². The Kier molecular flexibility index (Phi) is 5.07. The molecule has 0 aliphatic carbocycles. The molecular formula is C19H22ClN3O. The molecule has 2 amide bonds. The van der Waals surface area contributed by atoms with Crippen molar-refractivity contribution in [1.29, 1.82) is 0 Å². The Balaban J connectivity index is 1.94. The molecule has 0 radical (unpaired) electrons. The molecule has 0 saturated heterocycles. The summed E-state index contributed by atoms with van der Waals surface area (Å²) < 4.78 is 0. The summed E-state index contributed by atoms with van der Waals surface area (Å²) in [6.45, 7) is 1.04. The maximum atomic E-state index is 12.0. The van der Waals surface area contributed by atoms with Crippen LogP contribution in [-0.2, 0) is 6.42 Å². The molecule has 4 nitrogen and oxygen atoms in total. The lowest BCUT2D eigenvalue weighted by Gasteiger charge is -2.29. The second-order valence-electron chi connectivity index (χ2n) is 6.37. The average molecular weight is 344 g/mol. The first kappa shape index (κ1) is 16.8. The first-order valence-electron chi connectivity index (χ1n) is 8.14. The van der Waals surface area contributed by atoms with Gasteiger partial charge in [-0.05, 0) is 62.8 Å². The number of benzene rings is 2. The molecule has 0 fully saturated rings. The van der Waals surface area contributed by atoms with Gasteiger partial charge in [-0.15, -0.1) is 0 Å². The van der Waals surface area contributed by atoms with Crippen molar-refractivity contribution < 1.29 is 4.79 Å². The zero-order valence-electron chi connectivity index (χ0n) is 14.0. The fourth-order valence-corrected chi connectivity index (χ4v) is 3.31. The molecule has 5 heteroatoms. The SMILES string of the molecule is CN(C)CCCc1ccccc1C1NC(=O)Nc2ccc(Cl)cc21. The Morgan fingerprint density at radius 3 is 2.71 bits per heavy atom. The second-order valence-corrected chi connectivity index (χ2v) is 6.81. The summed E-state index contributed by atoms with van der Waals surface area (Å²) in [5.74, 6) is 0. The number of rotatable bonds is 5. The summed E-state index contributed by atoms with van der Waals surface area (Å²) in [5, 5.41) is 6.55. The number of amides is 2. The van der Waals surface area contributed by atoms with Crippen molar-refractivity contribution in [2.45, 2.75) is 18.9 Å². The minimum atomic E-state index is -0.182. The Morgan fingerprint density at radius 2 is 1.92 bits per heavy atom. The first-order valence-corrected chi connectivity index (χ1v) is 8.52. The second kappa shape index (κ2) is 7.24. The summed E-state index contributed by atoms with van der Waals surface area (Å²) in [5.41, 5.74) is 4.21. The van der Waals surface area contributed by atoms with Gasteiger partial charge in [0, 0.05) is 16.3 Å². The van der Waals surface area contributed by atoms with Gasteiger partial charge < -0.3 is 15.5 Å². The summed E-state index contributed by atoms with van der Waals surface area (Å²) in [6.07, 6.45) is 2.05. The Morgan fingerprint density at radius 1 is 1.12 bits per heavy atom. The van der Waals surface area contributed by atoms with E-state index in [2.05, 4.69) is 47.8 Å². The minimum absolute atomic E-state index is 0.178. The summed E-state index contributed by atoms with van der Waals surface area (Å²) in [4.78, 5) is 14.2. The standard InChI is InChI=1S/C19H22ClN3O/c1-23(2)11-5-7-13-6-3-4-8-15(13)18-16-12-14(20)9-10-17(16)21-19(24)22-18/h3-4,6,8-10,12,18H,5,7,11H2,1-2H3,(H2,21,22,24). The number of nitrogens with zero attached hydrogens (tertiary/aromatic N) is 1. The number of hydrogen-bond acceptors (Lipinski definition) is 2. The molecule has 126 valence electrons. The molecule has 1 heterocycles. The number of halogens is 1. The molecule has 2 aromatic rings. The normalized spacial score (nSPS) is 16.5. The maximum absolute atomic E-state index is 12.0. The van der Waals surface area contributed by atoms with E-state index in [1.807, 2.05) is 18.2 Å². The van der Waals surface area contributed by atoms with Crippen molar-refractivity contribution >= 4 is 23.3 Å². The third-order valence-corrected chi connectivity index (χ3v) is 4.50. The van der Waals surface area contributed by atoms with Crippen LogP contribution in [0.1, 0.15) is 29.2 Å². The van der Waals surface area contributed by atoms with Gasteiger partial charge >= 0.3 is 6.03 Å². The molecule has 1 aliphatic rings. The molecule has 1 unspecified atom stereocenters. The van der Waals surface area contributed by atoms with E-state index in [1.54, 1.807) is 6.07 Å². The van der Waals surface area contributed by atoms with E-state index in [4.69, 9.17) is 11.6 Å². The third-order valence-electron chi connectivity index (χ3n) is 4.27. The number of urea groups is 1. The van der Waals surface area contributed by atoms with Crippen LogP contribution in [0.25, 0.3) is 0 Å². The van der Waals surface area contributed by atoms with E-state index in [-0.39, 0.29) is 12.1 Å². The van der Waals surface area contributed by atoms with Gasteiger partial charge in [0.25, 0.3) is 0 Å². The van der Waals surface area contributed by atoms with Crippen LogP contribution in [0.15, 0.2) is 42.5 Å². The van der Waals surface area contributed by atoms with Crippen LogP contribution in [0, 0.1) is 0 Å². The van der Waals surface area contributed by atoms with Crippen molar-refractivity contribution in [3.8, 4) is 0 Å². The van der Waals surface area contributed by atoms with Crippen molar-refractivity contribution in [3.05, 3.63) is 64.2 Å². The predicted octanol–water partition coefficient (Wildman–Crippen LogP) is 4.06. The Labute approximate surface area is 147 Å². The van der Waals surface area contributed by atoms with Crippen molar-refractivity contribution in [2.24, 2.45) is 0 Å². The predicted molar refractivity (Wildman–Crippen MR) is 98.8 cm³/mol. The van der Waals surface area contributed by atoms with E-state index in [1.165, 1.54) is 5.56 Å². The zero-order chi connectivity index (χ0) is 17.1. The topological polar surface area (TPSA) is 44.4 Å². The highest BCUT2D eigenvalue weighted by molar-refractivity contribution is 6.30. The first-order chi connectivity index (χ1) is 11.5. The van der Waals surface area contributed by atoms with Gasteiger partial charge in [0.1, 0.15) is 0 Å². The number of aryl methyl sites for hydroxylation is 1. The van der Waals surface area contributed by atoms with Crippen LogP contribution in [0.2, 0.25) is 5.02 Å². The fraction of sp³-hybridized carbons (Fsp3) is 0.316. The molecule has 3 rings (SSSR count). The molecule has 1 aliphatic heterocycles. The van der Waals surface area contributed by atoms with E-state index < -0.39 is 0 Å². The van der Waals surface area contributed by atoms with Gasteiger partial charge in [0.15, 0.2) is 0 Å². The van der Waals surface area contributed by atoms with Gasteiger partial charge in [0.05, 0.1) is 6.04 Å². The number of nitrogens with one attached hydrogen (secondary N) is 2. The zero-order valence-corrected chi connectivity index (χ0v) is 14.7. The van der Waals surface area contributed by atoms with Gasteiger partial charge in [0.2, 0.25) is 0 Å². The quantitative estimate of drug-likeness (QED) is 0.859. The summed E-state index contributed by atoms with van der Waals surface area (Å²) in [7, 11) is 4.16. The maximum Gasteiger partial charge on any atom is 0.320 e. The molecule has 2 aromatic carbocycles. The Hall–Kier alpha value is -2.04. The highest BCUT2D eigenvalue weighted by atomic mass is 35.5. The summed E-state index contributed by atoms with van der Waals surface area (Å²) in [6, 6.07) is 13.5. The molecule has 0 bridgehead atoms. The van der Waals surface area contributed by atoms with Crippen LogP contribution >= 0.6 is 11.6 Å². The number of carbonyl (C=O) groups excluding carboxylic acids is 1. The molecule has 0 aromatic heterocycles. The molecule has 0 spiro atoms. The number of fused-ring (bicyclic) bond motifs is 1. The number of hydrogen-bond donors (Lipinski definition) is 2. The minimum Gasteiger partial charge on any atom is -0.327 e. The lowest BCUT2D eigenvalue weighted by atomic mass is 9.90. The molecule has 2 N–H and O–H groups in total.